The fraction of sp³-hybridized carbons (Fsp3) is 0.321. The van der Waals surface area contributed by atoms with E-state index in [0.29, 0.717) is 28.5 Å². The van der Waals surface area contributed by atoms with Crippen LogP contribution in [0.5, 0.6) is 0 Å². The first kappa shape index (κ1) is 23.3. The van der Waals surface area contributed by atoms with Crippen molar-refractivity contribution >= 4 is 50.2 Å². The van der Waals surface area contributed by atoms with E-state index in [-0.39, 0.29) is 17.9 Å². The van der Waals surface area contributed by atoms with Gasteiger partial charge in [0.05, 0.1) is 13.1 Å². The molecule has 2 atom stereocenters. The average molecular weight is 519 g/mol. The highest BCUT2D eigenvalue weighted by Crippen LogP contribution is 2.38. The van der Waals surface area contributed by atoms with E-state index >= 15 is 0 Å². The van der Waals surface area contributed by atoms with Crippen molar-refractivity contribution in [3.63, 3.8) is 0 Å². The number of hydrogen-bond donors (Lipinski definition) is 1. The summed E-state index contributed by atoms with van der Waals surface area (Å²) in [4.78, 5) is 30.9. The molecule has 3 aliphatic heterocycles. The molecule has 2 aromatic carbocycles. The zero-order chi connectivity index (χ0) is 24.5. The monoisotopic (exact) mass is 518 g/mol. The quantitative estimate of drug-likeness (QED) is 0.188. The predicted octanol–water partition coefficient (Wildman–Crippen LogP) is 5.55. The number of anilines is 1. The number of quaternary nitrogens is 1. The van der Waals surface area contributed by atoms with Crippen molar-refractivity contribution < 1.29 is 18.8 Å². The summed E-state index contributed by atoms with van der Waals surface area (Å²) in [6.45, 7) is 3.03. The molecule has 1 N–H and O–H groups in total. The number of aromatic nitrogens is 1. The first-order valence-corrected chi connectivity index (χ1v) is 14.1. The lowest BCUT2D eigenvalue weighted by Gasteiger charge is -2.51. The number of rotatable bonds is 8. The minimum Gasteiger partial charge on any atom is -0.454 e. The van der Waals surface area contributed by atoms with Crippen LogP contribution in [-0.4, -0.2) is 53.5 Å². The fourth-order valence-electron chi connectivity index (χ4n) is 5.71. The second kappa shape index (κ2) is 9.76. The Kier molecular flexibility index (Phi) is 6.33. The molecule has 3 aliphatic rings. The number of piperidine rings is 3. The Morgan fingerprint density at radius 2 is 1.83 bits per heavy atom. The molecule has 0 amide bonds. The van der Waals surface area contributed by atoms with E-state index < -0.39 is 6.04 Å². The second-order valence-corrected chi connectivity index (χ2v) is 11.6. The molecule has 3 saturated heterocycles. The molecule has 5 heterocycles. The van der Waals surface area contributed by atoms with Gasteiger partial charge in [0, 0.05) is 46.3 Å². The first-order valence-electron chi connectivity index (χ1n) is 12.4. The summed E-state index contributed by atoms with van der Waals surface area (Å²) in [5.74, 6) is 0.176. The van der Waals surface area contributed by atoms with Gasteiger partial charge < -0.3 is 14.5 Å². The number of ketones is 1. The number of fused-ring (bicyclic) bond motifs is 4. The lowest BCUT2D eigenvalue weighted by atomic mass is 9.83. The van der Waals surface area contributed by atoms with Crippen molar-refractivity contribution in [2.24, 2.45) is 5.92 Å². The number of ether oxygens (including phenoxy) is 1. The van der Waals surface area contributed by atoms with Crippen LogP contribution in [0, 0.1) is 5.92 Å². The number of hydrogen-bond acceptors (Lipinski definition) is 7. The topological polar surface area (TPSA) is 68.3 Å². The number of carbonyl (C=O) groups is 2. The SMILES string of the molecule is O=C(C[N+]12CCC(CC1)[C@@H](OC(=O)C(Nc1ccccc1)c1csc3ccccc13)C2)c1nccs1. The summed E-state index contributed by atoms with van der Waals surface area (Å²) in [7, 11) is 0. The number of para-hydroxylation sites is 1. The average Bonchev–Trinajstić information content (AvgIpc) is 3.59. The Morgan fingerprint density at radius 1 is 1.06 bits per heavy atom. The van der Waals surface area contributed by atoms with Gasteiger partial charge in [0.2, 0.25) is 5.78 Å². The van der Waals surface area contributed by atoms with E-state index in [1.807, 2.05) is 47.8 Å². The summed E-state index contributed by atoms with van der Waals surface area (Å²) in [5.41, 5.74) is 1.81. The molecule has 7 rings (SSSR count). The van der Waals surface area contributed by atoms with Crippen molar-refractivity contribution in [2.45, 2.75) is 25.0 Å². The van der Waals surface area contributed by atoms with Gasteiger partial charge in [-0.3, -0.25) is 4.79 Å². The van der Waals surface area contributed by atoms with Crippen molar-refractivity contribution in [1.29, 1.82) is 0 Å². The number of nitrogens with zero attached hydrogens (tertiary/aromatic N) is 2. The summed E-state index contributed by atoms with van der Waals surface area (Å²) in [6, 6.07) is 17.4. The van der Waals surface area contributed by atoms with Gasteiger partial charge in [0.15, 0.2) is 17.2 Å². The van der Waals surface area contributed by atoms with E-state index in [2.05, 4.69) is 27.8 Å². The summed E-state index contributed by atoms with van der Waals surface area (Å²) in [6.07, 6.45) is 3.44. The van der Waals surface area contributed by atoms with Crippen molar-refractivity contribution in [3.8, 4) is 0 Å². The molecular formula is C28H28N3O3S2+. The van der Waals surface area contributed by atoms with E-state index in [1.54, 1.807) is 17.5 Å². The van der Waals surface area contributed by atoms with Gasteiger partial charge in [-0.1, -0.05) is 36.4 Å². The number of carbonyl (C=O) groups excluding carboxylic acids is 2. The van der Waals surface area contributed by atoms with Crippen LogP contribution < -0.4 is 5.32 Å². The summed E-state index contributed by atoms with van der Waals surface area (Å²) in [5, 5.41) is 8.97. The Balaban J connectivity index is 1.24. The molecule has 2 aromatic heterocycles. The van der Waals surface area contributed by atoms with Crippen LogP contribution >= 0.6 is 22.7 Å². The highest BCUT2D eigenvalue weighted by Gasteiger charge is 2.49. The molecular weight excluding hydrogens is 490 g/mol. The zero-order valence-electron chi connectivity index (χ0n) is 19.8. The minimum absolute atomic E-state index is 0.0868. The van der Waals surface area contributed by atoms with Gasteiger partial charge in [0.1, 0.15) is 13.1 Å². The van der Waals surface area contributed by atoms with Crippen LogP contribution in [0.1, 0.15) is 34.2 Å². The Bertz CT molecular complexity index is 1360. The van der Waals surface area contributed by atoms with E-state index in [9.17, 15) is 9.59 Å². The van der Waals surface area contributed by atoms with Gasteiger partial charge in [0.25, 0.3) is 0 Å². The van der Waals surface area contributed by atoms with Crippen LogP contribution in [0.4, 0.5) is 5.69 Å². The maximum absolute atomic E-state index is 13.8. The molecule has 2 bridgehead atoms. The van der Waals surface area contributed by atoms with Crippen LogP contribution in [0.3, 0.4) is 0 Å². The molecule has 0 aliphatic carbocycles. The van der Waals surface area contributed by atoms with E-state index in [0.717, 1.165) is 47.3 Å². The third-order valence-corrected chi connectivity index (χ3v) is 9.40. The third-order valence-electron chi connectivity index (χ3n) is 7.60. The molecule has 4 aromatic rings. The summed E-state index contributed by atoms with van der Waals surface area (Å²) >= 11 is 3.03. The van der Waals surface area contributed by atoms with E-state index in [1.165, 1.54) is 11.3 Å². The van der Waals surface area contributed by atoms with Gasteiger partial charge >= 0.3 is 5.97 Å². The van der Waals surface area contributed by atoms with Crippen LogP contribution in [0.2, 0.25) is 0 Å². The number of thiazole rings is 1. The van der Waals surface area contributed by atoms with Gasteiger partial charge in [-0.05, 0) is 29.0 Å². The minimum atomic E-state index is -0.607. The molecule has 0 saturated carbocycles. The second-order valence-electron chi connectivity index (χ2n) is 9.83. The highest BCUT2D eigenvalue weighted by atomic mass is 32.1. The number of benzene rings is 2. The van der Waals surface area contributed by atoms with Crippen molar-refractivity contribution in [1.82, 2.24) is 4.98 Å². The van der Waals surface area contributed by atoms with E-state index in [4.69, 9.17) is 4.74 Å². The number of nitrogens with one attached hydrogen (secondary N) is 1. The number of Topliss-reactive ketones (excluding diaryl/α,β-unsaturated/α-hetero) is 1. The van der Waals surface area contributed by atoms with Crippen molar-refractivity contribution in [3.05, 3.63) is 82.1 Å². The van der Waals surface area contributed by atoms with Crippen molar-refractivity contribution in [2.75, 3.05) is 31.5 Å². The Hall–Kier alpha value is -3.07. The van der Waals surface area contributed by atoms with Gasteiger partial charge in [-0.15, -0.1) is 22.7 Å². The Labute approximate surface area is 218 Å². The molecule has 0 radical (unpaired) electrons. The molecule has 3 fully saturated rings. The smallest absolute Gasteiger partial charge is 0.333 e. The van der Waals surface area contributed by atoms with Gasteiger partial charge in [-0.25, -0.2) is 9.78 Å². The molecule has 36 heavy (non-hydrogen) atoms. The third kappa shape index (κ3) is 4.56. The maximum Gasteiger partial charge on any atom is 0.333 e. The maximum atomic E-state index is 13.8. The Morgan fingerprint density at radius 3 is 2.61 bits per heavy atom. The van der Waals surface area contributed by atoms with Gasteiger partial charge in [-0.2, -0.15) is 0 Å². The number of esters is 1. The van der Waals surface area contributed by atoms with Crippen LogP contribution in [0.25, 0.3) is 10.1 Å². The molecule has 0 spiro atoms. The van der Waals surface area contributed by atoms with Crippen LogP contribution in [-0.2, 0) is 9.53 Å². The number of thiophene rings is 1. The highest BCUT2D eigenvalue weighted by molar-refractivity contribution is 7.17. The van der Waals surface area contributed by atoms with Crippen LogP contribution in [0.15, 0.2) is 71.6 Å². The molecule has 8 heteroatoms. The largest absolute Gasteiger partial charge is 0.454 e. The molecule has 1 unspecified atom stereocenters. The standard InChI is InChI=1S/C28H28N3O3S2/c32-23(27-29-12-15-35-27)16-31-13-10-19(11-14-31)24(17-31)34-28(33)26(30-20-6-2-1-3-7-20)22-18-36-25-9-5-4-8-21(22)25/h1-9,12,15,18-19,24,26,30H,10-11,13-14,16-17H2/q+1/t19?,24-,26?,31?/m0/s1. The lowest BCUT2D eigenvalue weighted by Crippen LogP contribution is -2.65. The first-order chi connectivity index (χ1) is 17.6. The normalized spacial score (nSPS) is 23.9. The lowest BCUT2D eigenvalue weighted by molar-refractivity contribution is -0.938. The predicted molar refractivity (Wildman–Crippen MR) is 143 cm³/mol. The fourth-order valence-corrected chi connectivity index (χ4v) is 7.27. The summed E-state index contributed by atoms with van der Waals surface area (Å²) < 4.78 is 8.12. The molecule has 6 nitrogen and oxygen atoms in total. The molecule has 184 valence electrons. The zero-order valence-corrected chi connectivity index (χ0v) is 21.5.